The van der Waals surface area contributed by atoms with Gasteiger partial charge in [-0.3, -0.25) is 9.13 Å². The van der Waals surface area contributed by atoms with Gasteiger partial charge < -0.3 is 14.6 Å². The van der Waals surface area contributed by atoms with Crippen molar-refractivity contribution in [1.82, 2.24) is 0 Å². The highest BCUT2D eigenvalue weighted by atomic mass is 31.1. The first kappa shape index (κ1) is 21.3. The molecule has 5 nitrogen and oxygen atoms in total. The van der Waals surface area contributed by atoms with Crippen LogP contribution in [0.5, 0.6) is 0 Å². The lowest BCUT2D eigenvalue weighted by Gasteiger charge is -2.00. The zero-order chi connectivity index (χ0) is 16.3. The molecule has 124 valence electrons. The maximum absolute atomic E-state index is 10.0. The van der Waals surface area contributed by atoms with Gasteiger partial charge in [0.1, 0.15) is 0 Å². The highest BCUT2D eigenvalue weighted by Gasteiger charge is 1.94. The highest BCUT2D eigenvalue weighted by Crippen LogP contribution is 2.01. The van der Waals surface area contributed by atoms with Crippen LogP contribution in [0.15, 0.2) is 30.3 Å². The minimum Gasteiger partial charge on any atom is -0.396 e. The second kappa shape index (κ2) is 18.3. The number of ether oxygens (including phenoxy) is 2. The molecular formula is C15H24O5P2. The van der Waals surface area contributed by atoms with Gasteiger partial charge in [0.05, 0.1) is 32.1 Å². The SMILES string of the molecule is C1CCOC1.O=PCCO.O=PCCOCc1ccccc1. The van der Waals surface area contributed by atoms with E-state index in [2.05, 4.69) is 0 Å². The summed E-state index contributed by atoms with van der Waals surface area (Å²) in [6, 6.07) is 9.94. The summed E-state index contributed by atoms with van der Waals surface area (Å²) in [6.07, 6.45) is 3.49. The van der Waals surface area contributed by atoms with E-state index in [-0.39, 0.29) is 23.5 Å². The largest absolute Gasteiger partial charge is 0.396 e. The molecule has 0 aliphatic carbocycles. The number of hydrogen-bond donors (Lipinski definition) is 1. The number of benzene rings is 1. The Morgan fingerprint density at radius 2 is 1.68 bits per heavy atom. The monoisotopic (exact) mass is 346 g/mol. The fraction of sp³-hybridized carbons (Fsp3) is 0.600. The van der Waals surface area contributed by atoms with Gasteiger partial charge in [0, 0.05) is 13.2 Å². The van der Waals surface area contributed by atoms with Crippen LogP contribution in [-0.2, 0) is 25.2 Å². The van der Waals surface area contributed by atoms with Gasteiger partial charge in [0.25, 0.3) is 0 Å². The van der Waals surface area contributed by atoms with E-state index in [1.54, 1.807) is 0 Å². The molecule has 22 heavy (non-hydrogen) atoms. The van der Waals surface area contributed by atoms with Crippen molar-refractivity contribution in [2.45, 2.75) is 19.4 Å². The lowest BCUT2D eigenvalue weighted by Crippen LogP contribution is -1.95. The average Bonchev–Trinajstić information content (AvgIpc) is 3.14. The quantitative estimate of drug-likeness (QED) is 0.604. The third kappa shape index (κ3) is 15.7. The first-order chi connectivity index (χ1) is 10.8. The molecular weight excluding hydrogens is 322 g/mol. The van der Waals surface area contributed by atoms with Crippen LogP contribution in [0.3, 0.4) is 0 Å². The van der Waals surface area contributed by atoms with Crippen molar-refractivity contribution in [3.05, 3.63) is 35.9 Å². The topological polar surface area (TPSA) is 72.8 Å². The Labute approximate surface area is 135 Å². The molecule has 0 radical (unpaired) electrons. The Hall–Kier alpha value is -0.700. The fourth-order valence-corrected chi connectivity index (χ4v) is 1.70. The van der Waals surface area contributed by atoms with E-state index >= 15 is 0 Å². The summed E-state index contributed by atoms with van der Waals surface area (Å²) in [7, 11) is 0.186. The van der Waals surface area contributed by atoms with Gasteiger partial charge in [-0.1, -0.05) is 30.3 Å². The molecule has 1 aromatic carbocycles. The maximum Gasteiger partial charge on any atom is 0.157 e. The summed E-state index contributed by atoms with van der Waals surface area (Å²) in [6.45, 7) is 3.18. The first-order valence-corrected chi connectivity index (χ1v) is 9.23. The molecule has 0 unspecified atom stereocenters. The van der Waals surface area contributed by atoms with Gasteiger partial charge in [-0.05, 0) is 18.4 Å². The van der Waals surface area contributed by atoms with Crippen LogP contribution in [-0.4, -0.2) is 43.9 Å². The van der Waals surface area contributed by atoms with Crippen LogP contribution in [0.4, 0.5) is 0 Å². The highest BCUT2D eigenvalue weighted by molar-refractivity contribution is 7.23. The van der Waals surface area contributed by atoms with E-state index in [4.69, 9.17) is 14.6 Å². The van der Waals surface area contributed by atoms with Crippen LogP contribution in [0.25, 0.3) is 0 Å². The van der Waals surface area contributed by atoms with Crippen molar-refractivity contribution in [1.29, 1.82) is 0 Å². The zero-order valence-corrected chi connectivity index (χ0v) is 14.5. The van der Waals surface area contributed by atoms with Crippen LogP contribution in [0.1, 0.15) is 18.4 Å². The summed E-state index contributed by atoms with van der Waals surface area (Å²) in [4.78, 5) is 0. The van der Waals surface area contributed by atoms with Gasteiger partial charge in [-0.15, -0.1) is 0 Å². The molecule has 0 amide bonds. The summed E-state index contributed by atoms with van der Waals surface area (Å²) >= 11 is 0. The number of aliphatic hydroxyl groups is 1. The predicted octanol–water partition coefficient (Wildman–Crippen LogP) is 3.56. The van der Waals surface area contributed by atoms with Crippen LogP contribution in [0.2, 0.25) is 0 Å². The average molecular weight is 346 g/mol. The Balaban J connectivity index is 0.000000363. The molecule has 2 rings (SSSR count). The molecule has 7 heteroatoms. The molecule has 1 aliphatic rings. The molecule has 1 fully saturated rings. The van der Waals surface area contributed by atoms with Crippen LogP contribution >= 0.6 is 16.9 Å². The van der Waals surface area contributed by atoms with E-state index in [1.807, 2.05) is 30.3 Å². The van der Waals surface area contributed by atoms with Crippen molar-refractivity contribution in [2.75, 3.05) is 38.8 Å². The van der Waals surface area contributed by atoms with E-state index in [0.717, 1.165) is 18.8 Å². The van der Waals surface area contributed by atoms with Crippen LogP contribution < -0.4 is 0 Å². The normalized spacial score (nSPS) is 13.1. The summed E-state index contributed by atoms with van der Waals surface area (Å²) in [5, 5.41) is 7.86. The Morgan fingerprint density at radius 3 is 2.09 bits per heavy atom. The van der Waals surface area contributed by atoms with Crippen molar-refractivity contribution < 1.29 is 23.7 Å². The van der Waals surface area contributed by atoms with Crippen molar-refractivity contribution >= 4 is 16.9 Å². The molecule has 0 aromatic heterocycles. The van der Waals surface area contributed by atoms with E-state index < -0.39 is 0 Å². The van der Waals surface area contributed by atoms with E-state index in [9.17, 15) is 9.13 Å². The smallest absolute Gasteiger partial charge is 0.157 e. The van der Waals surface area contributed by atoms with E-state index in [1.165, 1.54) is 12.8 Å². The summed E-state index contributed by atoms with van der Waals surface area (Å²) < 4.78 is 29.6. The fourth-order valence-electron chi connectivity index (χ4n) is 1.42. The second-order valence-corrected chi connectivity index (χ2v) is 5.70. The molecule has 1 heterocycles. The lowest BCUT2D eigenvalue weighted by atomic mass is 10.2. The molecule has 0 atom stereocenters. The summed E-state index contributed by atoms with van der Waals surface area (Å²) in [5.41, 5.74) is 1.15. The lowest BCUT2D eigenvalue weighted by molar-refractivity contribution is 0.136. The Bertz CT molecular complexity index is 351. The molecule has 0 bridgehead atoms. The Kier molecular flexibility index (Phi) is 17.8. The second-order valence-electron chi connectivity index (χ2n) is 4.29. The van der Waals surface area contributed by atoms with Gasteiger partial charge in [0.15, 0.2) is 16.9 Å². The third-order valence-electron chi connectivity index (χ3n) is 2.46. The molecule has 0 spiro atoms. The first-order valence-electron chi connectivity index (χ1n) is 7.23. The van der Waals surface area contributed by atoms with Crippen LogP contribution in [0, 0.1) is 0 Å². The molecule has 1 N–H and O–H groups in total. The van der Waals surface area contributed by atoms with E-state index in [0.29, 0.717) is 25.5 Å². The van der Waals surface area contributed by atoms with Gasteiger partial charge >= 0.3 is 0 Å². The molecule has 1 aromatic rings. The van der Waals surface area contributed by atoms with Crippen molar-refractivity contribution in [3.63, 3.8) is 0 Å². The number of hydrogen-bond acceptors (Lipinski definition) is 5. The van der Waals surface area contributed by atoms with Crippen molar-refractivity contribution in [3.8, 4) is 0 Å². The molecule has 0 saturated carbocycles. The minimum atomic E-state index is 0.0189. The Morgan fingerprint density at radius 1 is 1.05 bits per heavy atom. The van der Waals surface area contributed by atoms with Gasteiger partial charge in [0.2, 0.25) is 0 Å². The molecule has 1 aliphatic heterocycles. The zero-order valence-electron chi connectivity index (χ0n) is 12.7. The van der Waals surface area contributed by atoms with Gasteiger partial charge in [-0.25, -0.2) is 0 Å². The minimum absolute atomic E-state index is 0.0189. The number of rotatable bonds is 7. The van der Waals surface area contributed by atoms with Gasteiger partial charge in [-0.2, -0.15) is 0 Å². The van der Waals surface area contributed by atoms with Crippen molar-refractivity contribution in [2.24, 2.45) is 0 Å². The third-order valence-corrected chi connectivity index (χ3v) is 3.20. The number of aliphatic hydroxyl groups excluding tert-OH is 1. The summed E-state index contributed by atoms with van der Waals surface area (Å²) in [5.74, 6) is 0. The predicted molar refractivity (Wildman–Crippen MR) is 88.2 cm³/mol. The molecule has 1 saturated heterocycles. The standard InChI is InChI=1S/C9H11O2P.C4H8O.C2H5O2P/c10-12-7-6-11-8-9-4-2-1-3-5-9;1-2-4-5-3-1;3-1-2-5-4/h1-5H,6-8H2;1-4H2;3H,1-2H2. The maximum atomic E-state index is 10.0.